The second kappa shape index (κ2) is 9.83. The summed E-state index contributed by atoms with van der Waals surface area (Å²) in [5, 5.41) is 6.08. The smallest absolute Gasteiger partial charge is 0.315 e. The van der Waals surface area contributed by atoms with Gasteiger partial charge in [-0.1, -0.05) is 66.7 Å². The van der Waals surface area contributed by atoms with Crippen LogP contribution in [0.5, 0.6) is 11.5 Å². The molecule has 154 valence electrons. The monoisotopic (exact) mass is 402 g/mol. The lowest BCUT2D eigenvalue weighted by Gasteiger charge is -2.20. The second-order valence-electron chi connectivity index (χ2n) is 7.31. The summed E-state index contributed by atoms with van der Waals surface area (Å²) < 4.78 is 11.4. The normalized spacial score (nSPS) is 13.7. The van der Waals surface area contributed by atoms with Crippen LogP contribution in [0.2, 0.25) is 0 Å². The van der Waals surface area contributed by atoms with E-state index in [0.717, 1.165) is 35.5 Å². The maximum absolute atomic E-state index is 12.7. The van der Waals surface area contributed by atoms with Gasteiger partial charge < -0.3 is 20.1 Å². The number of carbonyl (C=O) groups is 1. The molecule has 2 amide bonds. The molecule has 0 saturated heterocycles. The molecular formula is C25H26N2O3. The van der Waals surface area contributed by atoms with Crippen LogP contribution in [-0.2, 0) is 13.0 Å². The van der Waals surface area contributed by atoms with E-state index in [0.29, 0.717) is 19.8 Å². The average molecular weight is 402 g/mol. The molecule has 1 atom stereocenters. The molecule has 1 heterocycles. The molecule has 5 nitrogen and oxygen atoms in total. The van der Waals surface area contributed by atoms with E-state index in [1.807, 2.05) is 66.7 Å². The molecule has 0 fully saturated rings. The SMILES string of the molecule is O=C(NCc1ccc2c(c1)OCCCO2)NC(Cc1ccccc1)c1ccccc1. The van der Waals surface area contributed by atoms with Crippen LogP contribution in [0.3, 0.4) is 0 Å². The van der Waals surface area contributed by atoms with Crippen molar-refractivity contribution in [1.29, 1.82) is 0 Å². The topological polar surface area (TPSA) is 59.6 Å². The number of hydrogen-bond acceptors (Lipinski definition) is 3. The molecule has 1 aliphatic rings. The van der Waals surface area contributed by atoms with Gasteiger partial charge in [0.1, 0.15) is 0 Å². The van der Waals surface area contributed by atoms with Crippen LogP contribution in [0.4, 0.5) is 4.79 Å². The summed E-state index contributed by atoms with van der Waals surface area (Å²) in [5.74, 6) is 1.49. The van der Waals surface area contributed by atoms with Gasteiger partial charge in [0.2, 0.25) is 0 Å². The molecule has 0 bridgehead atoms. The van der Waals surface area contributed by atoms with Crippen molar-refractivity contribution in [2.24, 2.45) is 0 Å². The Kier molecular flexibility index (Phi) is 6.50. The third kappa shape index (κ3) is 5.32. The molecule has 5 heteroatoms. The number of fused-ring (bicyclic) bond motifs is 1. The zero-order valence-electron chi connectivity index (χ0n) is 16.8. The average Bonchev–Trinajstić information content (AvgIpc) is 3.03. The van der Waals surface area contributed by atoms with E-state index in [9.17, 15) is 4.79 Å². The number of rotatable bonds is 6. The first-order valence-electron chi connectivity index (χ1n) is 10.3. The van der Waals surface area contributed by atoms with Gasteiger partial charge in [-0.05, 0) is 35.2 Å². The first kappa shape index (κ1) is 19.8. The van der Waals surface area contributed by atoms with Gasteiger partial charge in [0.05, 0.1) is 19.3 Å². The maximum atomic E-state index is 12.7. The summed E-state index contributed by atoms with van der Waals surface area (Å²) in [6, 6.07) is 25.7. The lowest BCUT2D eigenvalue weighted by molar-refractivity contribution is 0.236. The van der Waals surface area contributed by atoms with Gasteiger partial charge in [-0.15, -0.1) is 0 Å². The number of urea groups is 1. The van der Waals surface area contributed by atoms with Gasteiger partial charge in [-0.2, -0.15) is 0 Å². The largest absolute Gasteiger partial charge is 0.490 e. The van der Waals surface area contributed by atoms with Crippen molar-refractivity contribution in [3.8, 4) is 11.5 Å². The summed E-state index contributed by atoms with van der Waals surface area (Å²) >= 11 is 0. The van der Waals surface area contributed by atoms with Crippen LogP contribution < -0.4 is 20.1 Å². The number of amides is 2. The molecule has 30 heavy (non-hydrogen) atoms. The van der Waals surface area contributed by atoms with E-state index >= 15 is 0 Å². The summed E-state index contributed by atoms with van der Waals surface area (Å²) in [4.78, 5) is 12.7. The molecule has 1 aliphatic heterocycles. The molecule has 2 N–H and O–H groups in total. The van der Waals surface area contributed by atoms with Crippen molar-refractivity contribution >= 4 is 6.03 Å². The molecule has 0 aliphatic carbocycles. The highest BCUT2D eigenvalue weighted by Gasteiger charge is 2.16. The fourth-order valence-corrected chi connectivity index (χ4v) is 3.50. The molecule has 4 rings (SSSR count). The highest BCUT2D eigenvalue weighted by atomic mass is 16.5. The molecule has 0 radical (unpaired) electrons. The zero-order valence-corrected chi connectivity index (χ0v) is 16.8. The van der Waals surface area contributed by atoms with E-state index in [2.05, 4.69) is 22.8 Å². The van der Waals surface area contributed by atoms with E-state index in [-0.39, 0.29) is 12.1 Å². The van der Waals surface area contributed by atoms with E-state index < -0.39 is 0 Å². The lowest BCUT2D eigenvalue weighted by atomic mass is 9.99. The van der Waals surface area contributed by atoms with Crippen molar-refractivity contribution in [3.05, 3.63) is 95.6 Å². The Labute approximate surface area is 177 Å². The fourth-order valence-electron chi connectivity index (χ4n) is 3.50. The minimum absolute atomic E-state index is 0.114. The Hall–Kier alpha value is -3.47. The first-order valence-corrected chi connectivity index (χ1v) is 10.3. The minimum Gasteiger partial charge on any atom is -0.490 e. The van der Waals surface area contributed by atoms with Gasteiger partial charge in [-0.25, -0.2) is 4.79 Å². The summed E-state index contributed by atoms with van der Waals surface area (Å²) in [7, 11) is 0. The third-order valence-corrected chi connectivity index (χ3v) is 5.05. The van der Waals surface area contributed by atoms with Crippen molar-refractivity contribution in [3.63, 3.8) is 0 Å². The van der Waals surface area contributed by atoms with Gasteiger partial charge in [0, 0.05) is 13.0 Å². The second-order valence-corrected chi connectivity index (χ2v) is 7.31. The van der Waals surface area contributed by atoms with E-state index in [1.54, 1.807) is 0 Å². The quantitative estimate of drug-likeness (QED) is 0.632. The van der Waals surface area contributed by atoms with E-state index in [1.165, 1.54) is 5.56 Å². The highest BCUT2D eigenvalue weighted by molar-refractivity contribution is 5.74. The van der Waals surface area contributed by atoms with Crippen LogP contribution in [0.15, 0.2) is 78.9 Å². The van der Waals surface area contributed by atoms with Crippen molar-refractivity contribution < 1.29 is 14.3 Å². The first-order chi connectivity index (χ1) is 14.8. The predicted octanol–water partition coefficient (Wildman–Crippen LogP) is 4.63. The fraction of sp³-hybridized carbons (Fsp3) is 0.240. The van der Waals surface area contributed by atoms with E-state index in [4.69, 9.17) is 9.47 Å². The van der Waals surface area contributed by atoms with Crippen LogP contribution >= 0.6 is 0 Å². The minimum atomic E-state index is -0.202. The van der Waals surface area contributed by atoms with Gasteiger partial charge >= 0.3 is 6.03 Å². The molecule has 0 aromatic heterocycles. The van der Waals surface area contributed by atoms with Gasteiger partial charge in [0.25, 0.3) is 0 Å². The highest BCUT2D eigenvalue weighted by Crippen LogP contribution is 2.30. The third-order valence-electron chi connectivity index (χ3n) is 5.05. The summed E-state index contributed by atoms with van der Waals surface area (Å²) in [6.07, 6.45) is 1.59. The predicted molar refractivity (Wildman–Crippen MR) is 117 cm³/mol. The number of carbonyl (C=O) groups excluding carboxylic acids is 1. The van der Waals surface area contributed by atoms with Crippen molar-refractivity contribution in [2.45, 2.75) is 25.4 Å². The molecule has 3 aromatic rings. The zero-order chi connectivity index (χ0) is 20.6. The molecule has 3 aromatic carbocycles. The van der Waals surface area contributed by atoms with Crippen LogP contribution in [0.25, 0.3) is 0 Å². The lowest BCUT2D eigenvalue weighted by Crippen LogP contribution is -2.38. The maximum Gasteiger partial charge on any atom is 0.315 e. The molecule has 0 spiro atoms. The van der Waals surface area contributed by atoms with Crippen molar-refractivity contribution in [2.75, 3.05) is 13.2 Å². The molecular weight excluding hydrogens is 376 g/mol. The Morgan fingerprint density at radius 3 is 2.30 bits per heavy atom. The number of benzene rings is 3. The summed E-state index contributed by atoms with van der Waals surface area (Å²) in [6.45, 7) is 1.72. The summed E-state index contributed by atoms with van der Waals surface area (Å²) in [5.41, 5.74) is 3.22. The van der Waals surface area contributed by atoms with Crippen LogP contribution in [-0.4, -0.2) is 19.2 Å². The van der Waals surface area contributed by atoms with Crippen molar-refractivity contribution in [1.82, 2.24) is 10.6 Å². The Morgan fingerprint density at radius 2 is 1.53 bits per heavy atom. The molecule has 0 saturated carbocycles. The Balaban J connectivity index is 1.39. The number of hydrogen-bond donors (Lipinski definition) is 2. The Bertz CT molecular complexity index is 961. The Morgan fingerprint density at radius 1 is 0.833 bits per heavy atom. The standard InChI is InChI=1S/C25H26N2O3/c28-25(26-18-20-12-13-23-24(17-20)30-15-7-14-29-23)27-22(21-10-5-2-6-11-21)16-19-8-3-1-4-9-19/h1-6,8-13,17,22H,7,14-16,18H2,(H2,26,27,28). The van der Waals surface area contributed by atoms with Gasteiger partial charge in [0.15, 0.2) is 11.5 Å². The number of ether oxygens (including phenoxy) is 2. The van der Waals surface area contributed by atoms with Gasteiger partial charge in [-0.3, -0.25) is 0 Å². The van der Waals surface area contributed by atoms with Crippen LogP contribution in [0, 0.1) is 0 Å². The molecule has 1 unspecified atom stereocenters. The number of nitrogens with one attached hydrogen (secondary N) is 2. The van der Waals surface area contributed by atoms with Crippen LogP contribution in [0.1, 0.15) is 29.2 Å².